The van der Waals surface area contributed by atoms with Crippen molar-refractivity contribution < 1.29 is 0 Å². The molecule has 2 aliphatic carbocycles. The molecule has 0 N–H and O–H groups in total. The summed E-state index contributed by atoms with van der Waals surface area (Å²) < 4.78 is 0. The van der Waals surface area contributed by atoms with Crippen LogP contribution in [0.15, 0.2) is 206 Å². The summed E-state index contributed by atoms with van der Waals surface area (Å²) in [5.74, 6) is 0. The Morgan fingerprint density at radius 1 is 0.271 bits per heavy atom. The first kappa shape index (κ1) is 36.9. The third-order valence-corrected chi connectivity index (χ3v) is 17.7. The van der Waals surface area contributed by atoms with Crippen LogP contribution in [-0.2, 0) is 25.7 Å². The van der Waals surface area contributed by atoms with Crippen molar-refractivity contribution in [3.8, 4) is 0 Å². The fourth-order valence-corrected chi connectivity index (χ4v) is 15.7. The number of nitrogens with zero attached hydrogens (tertiary/aromatic N) is 2. The van der Waals surface area contributed by atoms with E-state index < -0.39 is 8.07 Å². The van der Waals surface area contributed by atoms with Gasteiger partial charge in [-0.2, -0.15) is 0 Å². The maximum Gasteiger partial charge on any atom is 0.180 e. The number of rotatable bonds is 10. The summed E-state index contributed by atoms with van der Waals surface area (Å²) in [7, 11) is -2.78. The first-order valence-corrected chi connectivity index (χ1v) is 23.5. The van der Waals surface area contributed by atoms with Crippen LogP contribution in [0.3, 0.4) is 0 Å². The van der Waals surface area contributed by atoms with Crippen molar-refractivity contribution in [3.05, 3.63) is 229 Å². The molecule has 0 aliphatic heterocycles. The van der Waals surface area contributed by atoms with E-state index in [1.54, 1.807) is 27.4 Å². The molecular formula is C56H50N2Si. The molecule has 2 nitrogen and oxygen atoms in total. The van der Waals surface area contributed by atoms with E-state index in [0.29, 0.717) is 0 Å². The highest BCUT2D eigenvalue weighted by atomic mass is 28.3. The first-order valence-electron chi connectivity index (χ1n) is 21.5. The molecule has 8 aromatic rings. The predicted molar refractivity (Wildman–Crippen MR) is 253 cm³/mol. The van der Waals surface area contributed by atoms with Crippen molar-refractivity contribution >= 4 is 62.9 Å². The normalized spacial score (nSPS) is 13.6. The van der Waals surface area contributed by atoms with Gasteiger partial charge in [-0.25, -0.2) is 0 Å². The molecular weight excluding hydrogens is 729 g/mol. The van der Waals surface area contributed by atoms with Crippen molar-refractivity contribution in [1.29, 1.82) is 0 Å². The van der Waals surface area contributed by atoms with E-state index >= 15 is 0 Å². The van der Waals surface area contributed by atoms with Crippen LogP contribution in [0.25, 0.3) is 0 Å². The van der Waals surface area contributed by atoms with Crippen molar-refractivity contribution in [2.45, 2.75) is 51.4 Å². The molecule has 8 aromatic carbocycles. The van der Waals surface area contributed by atoms with E-state index in [4.69, 9.17) is 0 Å². The molecule has 0 saturated carbocycles. The monoisotopic (exact) mass is 778 g/mol. The van der Waals surface area contributed by atoms with E-state index in [9.17, 15) is 0 Å². The molecule has 3 heteroatoms. The number of hydrogen-bond acceptors (Lipinski definition) is 2. The number of benzene rings is 8. The highest BCUT2D eigenvalue weighted by molar-refractivity contribution is 7.20. The Hall–Kier alpha value is -6.42. The molecule has 0 spiro atoms. The van der Waals surface area contributed by atoms with Gasteiger partial charge in [-0.1, -0.05) is 146 Å². The molecule has 0 aromatic heterocycles. The van der Waals surface area contributed by atoms with Crippen LogP contribution < -0.4 is 30.5 Å². The van der Waals surface area contributed by atoms with Gasteiger partial charge in [-0.15, -0.1) is 0 Å². The Bertz CT molecular complexity index is 2460. The van der Waals surface area contributed by atoms with E-state index in [1.165, 1.54) is 58.3 Å². The second-order valence-electron chi connectivity index (χ2n) is 16.1. The molecule has 0 bridgehead atoms. The quantitative estimate of drug-likeness (QED) is 0.101. The molecule has 2 aliphatic rings. The van der Waals surface area contributed by atoms with Gasteiger partial charge in [0.25, 0.3) is 0 Å². The topological polar surface area (TPSA) is 6.48 Å². The highest BCUT2D eigenvalue weighted by Gasteiger charge is 2.46. The van der Waals surface area contributed by atoms with Crippen molar-refractivity contribution in [2.75, 3.05) is 9.80 Å². The maximum absolute atomic E-state index is 2.78. The summed E-state index contributed by atoms with van der Waals surface area (Å²) in [6.45, 7) is 0. The van der Waals surface area contributed by atoms with Gasteiger partial charge in [0.1, 0.15) is 0 Å². The summed E-state index contributed by atoms with van der Waals surface area (Å²) in [4.78, 5) is 4.99. The van der Waals surface area contributed by atoms with Gasteiger partial charge in [0.05, 0.1) is 5.69 Å². The molecule has 59 heavy (non-hydrogen) atoms. The second kappa shape index (κ2) is 16.4. The number of para-hydroxylation sites is 3. The molecule has 0 saturated heterocycles. The van der Waals surface area contributed by atoms with Gasteiger partial charge < -0.3 is 9.80 Å². The Balaban J connectivity index is 1.24. The molecule has 0 fully saturated rings. The standard InChI is InChI=1S/C56H50N2Si/c1-7-23-43(24-8-1)57(44-25-9-2-10-26-44)46-39-41-47(42-40-46)58(45-27-11-3-12-28-45)55-51-35-19-21-37-53(51)56(54-38-22-20-36-52(54)55)59(48-29-13-4-14-30-48,49-31-15-5-16-32-49)50-33-17-6-18-34-50/h1-18,23-34,39-42H,19-22,35-38H2. The van der Waals surface area contributed by atoms with E-state index in [0.717, 1.165) is 42.7 Å². The largest absolute Gasteiger partial charge is 0.311 e. The fraction of sp³-hybridized carbons (Fsp3) is 0.143. The Kier molecular flexibility index (Phi) is 10.3. The zero-order chi connectivity index (χ0) is 39.4. The molecule has 0 heterocycles. The van der Waals surface area contributed by atoms with E-state index in [2.05, 4.69) is 216 Å². The average Bonchev–Trinajstić information content (AvgIpc) is 3.32. The van der Waals surface area contributed by atoms with Gasteiger partial charge >= 0.3 is 0 Å². The van der Waals surface area contributed by atoms with Crippen LogP contribution in [0.2, 0.25) is 0 Å². The predicted octanol–water partition coefficient (Wildman–Crippen LogP) is 11.8. The lowest BCUT2D eigenvalue weighted by molar-refractivity contribution is 0.663. The van der Waals surface area contributed by atoms with E-state index in [-0.39, 0.29) is 0 Å². The first-order chi connectivity index (χ1) is 29.3. The highest BCUT2D eigenvalue weighted by Crippen LogP contribution is 2.46. The number of hydrogen-bond donors (Lipinski definition) is 0. The van der Waals surface area contributed by atoms with Gasteiger partial charge in [0.2, 0.25) is 0 Å². The van der Waals surface area contributed by atoms with Crippen molar-refractivity contribution in [3.63, 3.8) is 0 Å². The summed E-state index contributed by atoms with van der Waals surface area (Å²) in [5.41, 5.74) is 13.7. The smallest absolute Gasteiger partial charge is 0.180 e. The van der Waals surface area contributed by atoms with Crippen LogP contribution in [0, 0.1) is 0 Å². The molecule has 0 amide bonds. The summed E-state index contributed by atoms with van der Waals surface area (Å²) in [5, 5.41) is 6.10. The molecule has 0 atom stereocenters. The lowest BCUT2D eigenvalue weighted by Gasteiger charge is -2.43. The minimum atomic E-state index is -2.78. The van der Waals surface area contributed by atoms with Gasteiger partial charge in [-0.05, 0) is 155 Å². The number of fused-ring (bicyclic) bond motifs is 2. The third kappa shape index (κ3) is 6.70. The van der Waals surface area contributed by atoms with Gasteiger partial charge in [0.15, 0.2) is 8.07 Å². The van der Waals surface area contributed by atoms with Crippen molar-refractivity contribution in [2.24, 2.45) is 0 Å². The second-order valence-corrected chi connectivity index (χ2v) is 19.8. The Labute approximate surface area is 351 Å². The minimum Gasteiger partial charge on any atom is -0.311 e. The van der Waals surface area contributed by atoms with Gasteiger partial charge in [0, 0.05) is 28.4 Å². The molecule has 288 valence electrons. The summed E-state index contributed by atoms with van der Waals surface area (Å²) in [6, 6.07) is 76.8. The Morgan fingerprint density at radius 3 is 0.898 bits per heavy atom. The summed E-state index contributed by atoms with van der Waals surface area (Å²) >= 11 is 0. The van der Waals surface area contributed by atoms with Crippen LogP contribution in [0.1, 0.15) is 47.9 Å². The molecule has 0 unspecified atom stereocenters. The third-order valence-electron chi connectivity index (χ3n) is 12.7. The lowest BCUT2D eigenvalue weighted by atomic mass is 9.80. The fourth-order valence-electron chi connectivity index (χ4n) is 10.3. The maximum atomic E-state index is 2.63. The zero-order valence-corrected chi connectivity index (χ0v) is 34.7. The minimum absolute atomic E-state index is 1.09. The van der Waals surface area contributed by atoms with Crippen LogP contribution in [0.5, 0.6) is 0 Å². The number of anilines is 6. The van der Waals surface area contributed by atoms with Crippen molar-refractivity contribution in [1.82, 2.24) is 0 Å². The molecule has 0 radical (unpaired) electrons. The SMILES string of the molecule is c1ccc(N(c2ccccc2)c2ccc(N(c3ccccc3)c3c4c(c([Si](c5ccccc5)(c5ccccc5)c5ccccc5)c5c3CCCC5)CCCC4)cc2)cc1. The van der Waals surface area contributed by atoms with Crippen LogP contribution >= 0.6 is 0 Å². The zero-order valence-electron chi connectivity index (χ0n) is 33.7. The van der Waals surface area contributed by atoms with E-state index in [1.807, 2.05) is 0 Å². The van der Waals surface area contributed by atoms with Crippen LogP contribution in [0.4, 0.5) is 34.1 Å². The van der Waals surface area contributed by atoms with Gasteiger partial charge in [-0.3, -0.25) is 0 Å². The summed E-state index contributed by atoms with van der Waals surface area (Å²) in [6.07, 6.45) is 9.24. The molecule has 10 rings (SSSR count). The van der Waals surface area contributed by atoms with Crippen LogP contribution in [-0.4, -0.2) is 8.07 Å². The Morgan fingerprint density at radius 2 is 0.542 bits per heavy atom. The average molecular weight is 779 g/mol. The lowest BCUT2D eigenvalue weighted by Crippen LogP contribution is -2.76.